The first-order valence-corrected chi connectivity index (χ1v) is 5.76. The van der Waals surface area contributed by atoms with Crippen molar-refractivity contribution in [2.24, 2.45) is 11.8 Å². The fraction of sp³-hybridized carbons (Fsp3) is 0.833. The molecule has 2 atom stereocenters. The maximum atomic E-state index is 12.1. The zero-order chi connectivity index (χ0) is 11.6. The van der Waals surface area contributed by atoms with Crippen molar-refractivity contribution in [3.05, 3.63) is 0 Å². The summed E-state index contributed by atoms with van der Waals surface area (Å²) in [4.78, 5) is 25.2. The van der Waals surface area contributed by atoms with Crippen LogP contribution in [-0.4, -0.2) is 29.2 Å². The van der Waals surface area contributed by atoms with Crippen LogP contribution < -0.4 is 0 Å². The van der Waals surface area contributed by atoms with Crippen molar-refractivity contribution in [3.8, 4) is 0 Å². The molecule has 1 saturated heterocycles. The maximum Gasteiger partial charge on any atom is 0.226 e. The smallest absolute Gasteiger partial charge is 0.226 e. The van der Waals surface area contributed by atoms with Gasteiger partial charge in [0.15, 0.2) is 5.78 Å². The van der Waals surface area contributed by atoms with E-state index < -0.39 is 0 Å². The highest BCUT2D eigenvalue weighted by Crippen LogP contribution is 2.23. The minimum Gasteiger partial charge on any atom is -0.332 e. The average Bonchev–Trinajstić information content (AvgIpc) is 2.63. The largest absolute Gasteiger partial charge is 0.332 e. The Balaban J connectivity index is 2.70. The van der Waals surface area contributed by atoms with Crippen LogP contribution in [0, 0.1) is 11.8 Å². The zero-order valence-corrected chi connectivity index (χ0v) is 10.1. The Morgan fingerprint density at radius 2 is 1.87 bits per heavy atom. The molecule has 0 saturated carbocycles. The average molecular weight is 211 g/mol. The summed E-state index contributed by atoms with van der Waals surface area (Å²) in [6.45, 7) is 8.36. The van der Waals surface area contributed by atoms with Gasteiger partial charge in [0.05, 0.1) is 6.04 Å². The summed E-state index contributed by atoms with van der Waals surface area (Å²) in [5.41, 5.74) is 0. The standard InChI is InChI=1S/C12H21NO2/c1-8(2)9(3)12(15)13-7-5-6-11(13)10(4)14/h8-9,11H,5-7H2,1-4H3/t9-,11-/m0/s1. The number of rotatable bonds is 3. The van der Waals surface area contributed by atoms with Crippen LogP contribution in [0.15, 0.2) is 0 Å². The van der Waals surface area contributed by atoms with E-state index >= 15 is 0 Å². The lowest BCUT2D eigenvalue weighted by atomic mass is 9.96. The number of carbonyl (C=O) groups excluding carboxylic acids is 2. The zero-order valence-electron chi connectivity index (χ0n) is 10.1. The molecule has 3 nitrogen and oxygen atoms in total. The van der Waals surface area contributed by atoms with Crippen molar-refractivity contribution in [1.82, 2.24) is 4.90 Å². The van der Waals surface area contributed by atoms with E-state index in [9.17, 15) is 9.59 Å². The Labute approximate surface area is 91.8 Å². The number of hydrogen-bond acceptors (Lipinski definition) is 2. The molecule has 0 aromatic rings. The van der Waals surface area contributed by atoms with Crippen LogP contribution in [0.4, 0.5) is 0 Å². The molecular formula is C12H21NO2. The number of ketones is 1. The fourth-order valence-electron chi connectivity index (χ4n) is 2.00. The van der Waals surface area contributed by atoms with Crippen LogP contribution in [0.1, 0.15) is 40.5 Å². The van der Waals surface area contributed by atoms with E-state index in [4.69, 9.17) is 0 Å². The predicted octanol–water partition coefficient (Wildman–Crippen LogP) is 1.86. The summed E-state index contributed by atoms with van der Waals surface area (Å²) in [5, 5.41) is 0. The van der Waals surface area contributed by atoms with Gasteiger partial charge < -0.3 is 4.90 Å². The summed E-state index contributed by atoms with van der Waals surface area (Å²) < 4.78 is 0. The van der Waals surface area contributed by atoms with Crippen LogP contribution in [0.5, 0.6) is 0 Å². The van der Waals surface area contributed by atoms with E-state index in [1.807, 2.05) is 20.8 Å². The van der Waals surface area contributed by atoms with Crippen LogP contribution in [-0.2, 0) is 9.59 Å². The third-order valence-corrected chi connectivity index (χ3v) is 3.39. The molecule has 0 radical (unpaired) electrons. The molecule has 0 spiro atoms. The second-order valence-electron chi connectivity index (χ2n) is 4.83. The highest BCUT2D eigenvalue weighted by molar-refractivity contribution is 5.88. The van der Waals surface area contributed by atoms with Crippen LogP contribution in [0.2, 0.25) is 0 Å². The molecule has 1 aliphatic rings. The number of amides is 1. The molecule has 15 heavy (non-hydrogen) atoms. The lowest BCUT2D eigenvalue weighted by molar-refractivity contribution is -0.141. The molecule has 0 bridgehead atoms. The third kappa shape index (κ3) is 2.58. The summed E-state index contributed by atoms with van der Waals surface area (Å²) in [5.74, 6) is 0.621. The Morgan fingerprint density at radius 3 is 2.33 bits per heavy atom. The highest BCUT2D eigenvalue weighted by Gasteiger charge is 2.34. The van der Waals surface area contributed by atoms with Gasteiger partial charge in [-0.15, -0.1) is 0 Å². The molecule has 0 unspecified atom stereocenters. The summed E-state index contributed by atoms with van der Waals surface area (Å²) in [6.07, 6.45) is 1.80. The van der Waals surface area contributed by atoms with Crippen molar-refractivity contribution >= 4 is 11.7 Å². The van der Waals surface area contributed by atoms with E-state index in [-0.39, 0.29) is 23.7 Å². The normalized spacial score (nSPS) is 23.3. The highest BCUT2D eigenvalue weighted by atomic mass is 16.2. The first-order chi connectivity index (χ1) is 6.95. The molecule has 86 valence electrons. The summed E-state index contributed by atoms with van der Waals surface area (Å²) in [7, 11) is 0. The lowest BCUT2D eigenvalue weighted by Gasteiger charge is -2.27. The SMILES string of the molecule is CC(=O)[C@@H]1CCCN1C(=O)[C@@H](C)C(C)C. The summed E-state index contributed by atoms with van der Waals surface area (Å²) >= 11 is 0. The molecule has 1 amide bonds. The van der Waals surface area contributed by atoms with Crippen molar-refractivity contribution in [2.75, 3.05) is 6.54 Å². The molecule has 3 heteroatoms. The van der Waals surface area contributed by atoms with Crippen LogP contribution >= 0.6 is 0 Å². The quantitative estimate of drug-likeness (QED) is 0.714. The van der Waals surface area contributed by atoms with Gasteiger partial charge in [-0.1, -0.05) is 20.8 Å². The number of likely N-dealkylation sites (tertiary alicyclic amines) is 1. The molecule has 1 fully saturated rings. The van der Waals surface area contributed by atoms with Gasteiger partial charge in [-0.3, -0.25) is 9.59 Å². The van der Waals surface area contributed by atoms with Gasteiger partial charge in [0.2, 0.25) is 5.91 Å². The Bertz CT molecular complexity index is 260. The topological polar surface area (TPSA) is 37.4 Å². The third-order valence-electron chi connectivity index (χ3n) is 3.39. The van der Waals surface area contributed by atoms with E-state index in [2.05, 4.69) is 0 Å². The van der Waals surface area contributed by atoms with Gasteiger partial charge in [0.1, 0.15) is 0 Å². The van der Waals surface area contributed by atoms with Crippen molar-refractivity contribution in [2.45, 2.75) is 46.6 Å². The Kier molecular flexibility index (Phi) is 3.89. The molecule has 1 heterocycles. The molecule has 1 aliphatic heterocycles. The second-order valence-corrected chi connectivity index (χ2v) is 4.83. The molecule has 1 rings (SSSR count). The van der Waals surface area contributed by atoms with E-state index in [0.29, 0.717) is 5.92 Å². The first-order valence-electron chi connectivity index (χ1n) is 5.76. The minimum absolute atomic E-state index is 0.0185. The van der Waals surface area contributed by atoms with Crippen molar-refractivity contribution < 1.29 is 9.59 Å². The lowest BCUT2D eigenvalue weighted by Crippen LogP contribution is -2.43. The van der Waals surface area contributed by atoms with Gasteiger partial charge in [0.25, 0.3) is 0 Å². The number of Topliss-reactive ketones (excluding diaryl/α,β-unsaturated/α-hetero) is 1. The van der Waals surface area contributed by atoms with E-state index in [1.54, 1.807) is 11.8 Å². The van der Waals surface area contributed by atoms with Crippen LogP contribution in [0.25, 0.3) is 0 Å². The molecule has 0 aromatic heterocycles. The Morgan fingerprint density at radius 1 is 1.27 bits per heavy atom. The molecule has 0 aromatic carbocycles. The maximum absolute atomic E-state index is 12.1. The number of carbonyl (C=O) groups is 2. The van der Waals surface area contributed by atoms with E-state index in [0.717, 1.165) is 19.4 Å². The van der Waals surface area contributed by atoms with Crippen molar-refractivity contribution in [1.29, 1.82) is 0 Å². The fourth-order valence-corrected chi connectivity index (χ4v) is 2.00. The number of hydrogen-bond donors (Lipinski definition) is 0. The molecule has 0 aliphatic carbocycles. The monoisotopic (exact) mass is 211 g/mol. The van der Waals surface area contributed by atoms with Gasteiger partial charge in [-0.25, -0.2) is 0 Å². The number of nitrogens with zero attached hydrogens (tertiary/aromatic N) is 1. The second kappa shape index (κ2) is 4.77. The van der Waals surface area contributed by atoms with Gasteiger partial charge >= 0.3 is 0 Å². The van der Waals surface area contributed by atoms with Crippen LogP contribution in [0.3, 0.4) is 0 Å². The van der Waals surface area contributed by atoms with Gasteiger partial charge in [-0.05, 0) is 25.7 Å². The minimum atomic E-state index is -0.154. The van der Waals surface area contributed by atoms with Gasteiger partial charge in [-0.2, -0.15) is 0 Å². The summed E-state index contributed by atoms with van der Waals surface area (Å²) in [6, 6.07) is -0.154. The molecule has 0 N–H and O–H groups in total. The predicted molar refractivity (Wildman–Crippen MR) is 59.4 cm³/mol. The first kappa shape index (κ1) is 12.2. The van der Waals surface area contributed by atoms with Gasteiger partial charge in [0, 0.05) is 12.5 Å². The molecular weight excluding hydrogens is 190 g/mol. The Hall–Kier alpha value is -0.860. The van der Waals surface area contributed by atoms with Crippen molar-refractivity contribution in [3.63, 3.8) is 0 Å². The van der Waals surface area contributed by atoms with E-state index in [1.165, 1.54) is 0 Å².